The lowest BCUT2D eigenvalue weighted by atomic mass is 10.2. The predicted molar refractivity (Wildman–Crippen MR) is 110 cm³/mol. The van der Waals surface area contributed by atoms with Gasteiger partial charge < -0.3 is 20.3 Å². The van der Waals surface area contributed by atoms with E-state index in [0.29, 0.717) is 31.4 Å². The van der Waals surface area contributed by atoms with Gasteiger partial charge in [-0.3, -0.25) is 9.78 Å². The molecule has 3 aromatic rings. The summed E-state index contributed by atoms with van der Waals surface area (Å²) in [5.74, 6) is 0.0961. The van der Waals surface area contributed by atoms with Gasteiger partial charge in [0, 0.05) is 25.5 Å². The van der Waals surface area contributed by atoms with Crippen LogP contribution in [0.2, 0.25) is 0 Å². The molecule has 29 heavy (non-hydrogen) atoms. The minimum absolute atomic E-state index is 0.275. The van der Waals surface area contributed by atoms with E-state index in [1.807, 2.05) is 36.4 Å². The maximum absolute atomic E-state index is 12.5. The number of carbonyl (C=O) groups is 1. The number of pyridine rings is 1. The molecule has 4 rings (SSSR count). The standard InChI is InChI=1S/C21H22N6O2/c28-20(24-15-16-5-3-4-9-22-16)18-8-10-23-21(26-18)25-17-6-1-2-7-19(17)27-11-13-29-14-12-27/h1-10H,11-15H2,(H,24,28)(H,23,25,26). The van der Waals surface area contributed by atoms with Crippen LogP contribution >= 0.6 is 0 Å². The molecule has 2 N–H and O–H groups in total. The largest absolute Gasteiger partial charge is 0.378 e. The van der Waals surface area contributed by atoms with Crippen LogP contribution in [0.15, 0.2) is 60.9 Å². The number of amides is 1. The van der Waals surface area contributed by atoms with Crippen molar-refractivity contribution < 1.29 is 9.53 Å². The van der Waals surface area contributed by atoms with Crippen LogP contribution in [0.5, 0.6) is 0 Å². The number of benzene rings is 1. The lowest BCUT2D eigenvalue weighted by Gasteiger charge is -2.30. The molecule has 0 saturated carbocycles. The molecule has 1 saturated heterocycles. The molecule has 1 aliphatic heterocycles. The summed E-state index contributed by atoms with van der Waals surface area (Å²) >= 11 is 0. The summed E-state index contributed by atoms with van der Waals surface area (Å²) in [6.07, 6.45) is 3.27. The van der Waals surface area contributed by atoms with Gasteiger partial charge in [-0.1, -0.05) is 18.2 Å². The van der Waals surface area contributed by atoms with Crippen molar-refractivity contribution in [3.63, 3.8) is 0 Å². The van der Waals surface area contributed by atoms with Gasteiger partial charge in [0.25, 0.3) is 5.91 Å². The van der Waals surface area contributed by atoms with Crippen molar-refractivity contribution in [1.82, 2.24) is 20.3 Å². The number of morpholine rings is 1. The molecular weight excluding hydrogens is 368 g/mol. The van der Waals surface area contributed by atoms with Crippen LogP contribution in [0.1, 0.15) is 16.2 Å². The van der Waals surface area contributed by atoms with E-state index in [0.717, 1.165) is 30.2 Å². The van der Waals surface area contributed by atoms with Crippen LogP contribution in [0.4, 0.5) is 17.3 Å². The van der Waals surface area contributed by atoms with E-state index >= 15 is 0 Å². The number of aromatic nitrogens is 3. The fourth-order valence-corrected chi connectivity index (χ4v) is 3.09. The molecule has 8 heteroatoms. The molecule has 1 fully saturated rings. The zero-order valence-electron chi connectivity index (χ0n) is 15.9. The normalized spacial score (nSPS) is 13.7. The van der Waals surface area contributed by atoms with E-state index in [2.05, 4.69) is 36.6 Å². The Labute approximate surface area is 169 Å². The summed E-state index contributed by atoms with van der Waals surface area (Å²) in [4.78, 5) is 27.5. The number of hydrogen-bond donors (Lipinski definition) is 2. The van der Waals surface area contributed by atoms with Gasteiger partial charge in [-0.15, -0.1) is 0 Å². The molecule has 1 aromatic carbocycles. The Morgan fingerprint density at radius 3 is 2.66 bits per heavy atom. The highest BCUT2D eigenvalue weighted by atomic mass is 16.5. The van der Waals surface area contributed by atoms with Gasteiger partial charge in [0.2, 0.25) is 5.95 Å². The zero-order chi connectivity index (χ0) is 19.9. The Bertz CT molecular complexity index is 960. The maximum atomic E-state index is 12.5. The Balaban J connectivity index is 1.46. The highest BCUT2D eigenvalue weighted by molar-refractivity contribution is 5.92. The number of ether oxygens (including phenoxy) is 1. The second kappa shape index (κ2) is 9.11. The summed E-state index contributed by atoms with van der Waals surface area (Å²) in [6.45, 7) is 3.41. The lowest BCUT2D eigenvalue weighted by Crippen LogP contribution is -2.36. The highest BCUT2D eigenvalue weighted by Crippen LogP contribution is 2.28. The molecule has 3 heterocycles. The van der Waals surface area contributed by atoms with Crippen molar-refractivity contribution in [1.29, 1.82) is 0 Å². The van der Waals surface area contributed by atoms with Crippen LogP contribution in [0.3, 0.4) is 0 Å². The first-order valence-corrected chi connectivity index (χ1v) is 9.49. The van der Waals surface area contributed by atoms with Crippen LogP contribution in [-0.2, 0) is 11.3 Å². The molecule has 1 aliphatic rings. The fraction of sp³-hybridized carbons (Fsp3) is 0.238. The molecule has 1 amide bonds. The molecule has 0 atom stereocenters. The van der Waals surface area contributed by atoms with Gasteiger partial charge in [-0.25, -0.2) is 9.97 Å². The van der Waals surface area contributed by atoms with Crippen molar-refractivity contribution >= 4 is 23.2 Å². The molecule has 8 nitrogen and oxygen atoms in total. The lowest BCUT2D eigenvalue weighted by molar-refractivity contribution is 0.0945. The van der Waals surface area contributed by atoms with Crippen molar-refractivity contribution in [2.24, 2.45) is 0 Å². The SMILES string of the molecule is O=C(NCc1ccccn1)c1ccnc(Nc2ccccc2N2CCOCC2)n1. The average molecular weight is 390 g/mol. The van der Waals surface area contributed by atoms with Crippen LogP contribution in [0.25, 0.3) is 0 Å². The minimum atomic E-state index is -0.275. The van der Waals surface area contributed by atoms with Gasteiger partial charge in [0.1, 0.15) is 5.69 Å². The van der Waals surface area contributed by atoms with E-state index in [-0.39, 0.29) is 5.91 Å². The first kappa shape index (κ1) is 18.8. The zero-order valence-corrected chi connectivity index (χ0v) is 15.9. The van der Waals surface area contributed by atoms with Crippen LogP contribution in [0, 0.1) is 0 Å². The highest BCUT2D eigenvalue weighted by Gasteiger charge is 2.15. The van der Waals surface area contributed by atoms with E-state index in [9.17, 15) is 4.79 Å². The number of hydrogen-bond acceptors (Lipinski definition) is 7. The molecule has 148 valence electrons. The number of para-hydroxylation sites is 2. The molecule has 0 unspecified atom stereocenters. The number of nitrogens with one attached hydrogen (secondary N) is 2. The molecule has 2 aromatic heterocycles. The third-order valence-corrected chi connectivity index (χ3v) is 4.55. The first-order chi connectivity index (χ1) is 14.3. The summed E-state index contributed by atoms with van der Waals surface area (Å²) in [6, 6.07) is 15.1. The monoisotopic (exact) mass is 390 g/mol. The van der Waals surface area contributed by atoms with E-state index in [1.165, 1.54) is 0 Å². The van der Waals surface area contributed by atoms with Crippen molar-refractivity contribution in [2.75, 3.05) is 36.5 Å². The third-order valence-electron chi connectivity index (χ3n) is 4.55. The van der Waals surface area contributed by atoms with Crippen LogP contribution < -0.4 is 15.5 Å². The van der Waals surface area contributed by atoms with E-state index in [1.54, 1.807) is 18.5 Å². The summed E-state index contributed by atoms with van der Waals surface area (Å²) in [5, 5.41) is 6.07. The second-order valence-corrected chi connectivity index (χ2v) is 6.51. The number of anilines is 3. The van der Waals surface area contributed by atoms with Crippen molar-refractivity contribution in [3.05, 3.63) is 72.3 Å². The Morgan fingerprint density at radius 2 is 1.83 bits per heavy atom. The van der Waals surface area contributed by atoms with Gasteiger partial charge in [0.05, 0.1) is 36.8 Å². The average Bonchev–Trinajstić information content (AvgIpc) is 2.79. The van der Waals surface area contributed by atoms with Crippen molar-refractivity contribution in [3.8, 4) is 0 Å². The molecular formula is C21H22N6O2. The van der Waals surface area contributed by atoms with Gasteiger partial charge in [0.15, 0.2) is 0 Å². The van der Waals surface area contributed by atoms with Gasteiger partial charge >= 0.3 is 0 Å². The predicted octanol–water partition coefficient (Wildman–Crippen LogP) is 2.38. The number of carbonyl (C=O) groups excluding carboxylic acids is 1. The molecule has 0 radical (unpaired) electrons. The topological polar surface area (TPSA) is 92.3 Å². The van der Waals surface area contributed by atoms with Gasteiger partial charge in [-0.05, 0) is 30.3 Å². The third kappa shape index (κ3) is 4.85. The second-order valence-electron chi connectivity index (χ2n) is 6.51. The Hall–Kier alpha value is -3.52. The number of rotatable bonds is 6. The quantitative estimate of drug-likeness (QED) is 0.668. The number of nitrogens with zero attached hydrogens (tertiary/aromatic N) is 4. The van der Waals surface area contributed by atoms with E-state index < -0.39 is 0 Å². The Kier molecular flexibility index (Phi) is 5.92. The summed E-state index contributed by atoms with van der Waals surface area (Å²) < 4.78 is 5.44. The maximum Gasteiger partial charge on any atom is 0.270 e. The Morgan fingerprint density at radius 1 is 1.00 bits per heavy atom. The first-order valence-electron chi connectivity index (χ1n) is 9.49. The summed E-state index contributed by atoms with van der Waals surface area (Å²) in [7, 11) is 0. The fourth-order valence-electron chi connectivity index (χ4n) is 3.09. The smallest absolute Gasteiger partial charge is 0.270 e. The minimum Gasteiger partial charge on any atom is -0.378 e. The summed E-state index contributed by atoms with van der Waals surface area (Å²) in [5.41, 5.74) is 3.03. The van der Waals surface area contributed by atoms with E-state index in [4.69, 9.17) is 4.74 Å². The van der Waals surface area contributed by atoms with Gasteiger partial charge in [-0.2, -0.15) is 0 Å². The van der Waals surface area contributed by atoms with Crippen LogP contribution in [-0.4, -0.2) is 47.2 Å². The molecule has 0 spiro atoms. The molecule has 0 aliphatic carbocycles. The molecule has 0 bridgehead atoms. The van der Waals surface area contributed by atoms with Crippen molar-refractivity contribution in [2.45, 2.75) is 6.54 Å².